The van der Waals surface area contributed by atoms with Crippen LogP contribution < -0.4 is 10.5 Å². The Hall–Kier alpha value is -2.15. The van der Waals surface area contributed by atoms with Crippen molar-refractivity contribution >= 4 is 46.1 Å². The van der Waals surface area contributed by atoms with Gasteiger partial charge < -0.3 is 9.64 Å². The van der Waals surface area contributed by atoms with Gasteiger partial charge in [-0.25, -0.2) is 0 Å². The van der Waals surface area contributed by atoms with Crippen LogP contribution in [0.4, 0.5) is 5.82 Å². The average molecular weight is 447 g/mol. The van der Waals surface area contributed by atoms with Gasteiger partial charge in [-0.3, -0.25) is 19.1 Å². The normalized spacial score (nSPS) is 23.4. The van der Waals surface area contributed by atoms with Crippen molar-refractivity contribution in [2.24, 2.45) is 0 Å². The number of carbonyl (C=O) groups excluding carboxylic acids is 1. The fourth-order valence-corrected chi connectivity index (χ4v) is 5.40. The van der Waals surface area contributed by atoms with E-state index in [4.69, 9.17) is 17.0 Å². The van der Waals surface area contributed by atoms with Crippen molar-refractivity contribution < 1.29 is 9.53 Å². The van der Waals surface area contributed by atoms with Crippen LogP contribution in [0.1, 0.15) is 44.4 Å². The summed E-state index contributed by atoms with van der Waals surface area (Å²) in [6.45, 7) is 11.7. The van der Waals surface area contributed by atoms with E-state index in [2.05, 4.69) is 11.0 Å². The first-order valence-corrected chi connectivity index (χ1v) is 11.3. The third-order valence-corrected chi connectivity index (χ3v) is 6.72. The number of thioether (sulfide) groups is 1. The van der Waals surface area contributed by atoms with Crippen LogP contribution in [0.3, 0.4) is 0 Å². The van der Waals surface area contributed by atoms with Gasteiger partial charge in [-0.15, -0.1) is 0 Å². The number of amides is 1. The van der Waals surface area contributed by atoms with Gasteiger partial charge in [0.2, 0.25) is 0 Å². The minimum atomic E-state index is -0.308. The van der Waals surface area contributed by atoms with Crippen molar-refractivity contribution in [2.45, 2.75) is 53.4 Å². The molecule has 2 aliphatic heterocycles. The predicted octanol–water partition coefficient (Wildman–Crippen LogP) is 2.88. The Morgan fingerprint density at radius 1 is 1.23 bits per heavy atom. The molecule has 0 N–H and O–H groups in total. The molecule has 0 aliphatic carbocycles. The van der Waals surface area contributed by atoms with Crippen LogP contribution in [-0.4, -0.2) is 51.5 Å². The number of hydrogen-bond acceptors (Lipinski definition) is 7. The summed E-state index contributed by atoms with van der Waals surface area (Å²) >= 11 is 6.60. The standard InChI is InChI=1S/C21H26N4O3S2/c1-6-24-18(23-10-12(3)28-13(4)11-23)15(14(5)16(9-22)19(24)26)8-17-20(27)25(7-2)21(29)30-17/h8,12-13H,6-7,10-11H2,1-5H3. The molecule has 0 spiro atoms. The molecule has 7 nitrogen and oxygen atoms in total. The zero-order valence-electron chi connectivity index (χ0n) is 17.9. The molecular weight excluding hydrogens is 420 g/mol. The summed E-state index contributed by atoms with van der Waals surface area (Å²) < 4.78 is 8.02. The molecular formula is C21H26N4O3S2. The largest absolute Gasteiger partial charge is 0.372 e. The molecule has 0 radical (unpaired) electrons. The lowest BCUT2D eigenvalue weighted by Gasteiger charge is -2.39. The van der Waals surface area contributed by atoms with Crippen molar-refractivity contribution in [2.75, 3.05) is 24.5 Å². The molecule has 0 bridgehead atoms. The predicted molar refractivity (Wildman–Crippen MR) is 124 cm³/mol. The van der Waals surface area contributed by atoms with E-state index in [0.717, 1.165) is 5.82 Å². The summed E-state index contributed by atoms with van der Waals surface area (Å²) in [5, 5.41) is 9.65. The van der Waals surface area contributed by atoms with Gasteiger partial charge in [0.1, 0.15) is 21.8 Å². The first-order valence-electron chi connectivity index (χ1n) is 10.1. The first kappa shape index (κ1) is 22.5. The highest BCUT2D eigenvalue weighted by atomic mass is 32.2. The van der Waals surface area contributed by atoms with Gasteiger partial charge in [0.05, 0.1) is 17.1 Å². The molecule has 1 amide bonds. The lowest BCUT2D eigenvalue weighted by Crippen LogP contribution is -2.48. The molecule has 0 aromatic carbocycles. The number of anilines is 1. The lowest BCUT2D eigenvalue weighted by atomic mass is 10.0. The highest BCUT2D eigenvalue weighted by Gasteiger charge is 2.33. The summed E-state index contributed by atoms with van der Waals surface area (Å²) in [7, 11) is 0. The minimum absolute atomic E-state index is 0.00346. The maximum absolute atomic E-state index is 13.0. The molecule has 2 unspecified atom stereocenters. The highest BCUT2D eigenvalue weighted by molar-refractivity contribution is 8.26. The van der Waals surface area contributed by atoms with E-state index in [-0.39, 0.29) is 29.2 Å². The Morgan fingerprint density at radius 2 is 1.87 bits per heavy atom. The molecule has 2 atom stereocenters. The molecule has 0 saturated carbocycles. The quantitative estimate of drug-likeness (QED) is 0.520. The van der Waals surface area contributed by atoms with Crippen LogP contribution >= 0.6 is 24.0 Å². The lowest BCUT2D eigenvalue weighted by molar-refractivity contribution is -0.121. The number of likely N-dealkylation sites (N-methyl/N-ethyl adjacent to an activating group) is 1. The van der Waals surface area contributed by atoms with E-state index < -0.39 is 0 Å². The summed E-state index contributed by atoms with van der Waals surface area (Å²) in [5.41, 5.74) is 1.09. The number of thiocarbonyl (C=S) groups is 1. The van der Waals surface area contributed by atoms with Crippen LogP contribution in [-0.2, 0) is 16.1 Å². The number of pyridine rings is 1. The van der Waals surface area contributed by atoms with Gasteiger partial charge >= 0.3 is 0 Å². The first-order chi connectivity index (χ1) is 14.2. The maximum atomic E-state index is 13.0. The van der Waals surface area contributed by atoms with Gasteiger partial charge in [-0.1, -0.05) is 24.0 Å². The maximum Gasteiger partial charge on any atom is 0.270 e. The summed E-state index contributed by atoms with van der Waals surface area (Å²) in [5.74, 6) is 0.581. The number of carbonyl (C=O) groups is 1. The van der Waals surface area contributed by atoms with Crippen LogP contribution in [0.15, 0.2) is 9.70 Å². The topological polar surface area (TPSA) is 78.6 Å². The molecule has 2 aliphatic rings. The van der Waals surface area contributed by atoms with Gasteiger partial charge in [-0.05, 0) is 46.3 Å². The van der Waals surface area contributed by atoms with Gasteiger partial charge in [0, 0.05) is 31.7 Å². The van der Waals surface area contributed by atoms with E-state index in [1.54, 1.807) is 22.5 Å². The third-order valence-electron chi connectivity index (χ3n) is 5.35. The fraction of sp³-hybridized carbons (Fsp3) is 0.524. The Labute approximate surface area is 186 Å². The monoisotopic (exact) mass is 446 g/mol. The second-order valence-electron chi connectivity index (χ2n) is 7.49. The number of hydrogen-bond donors (Lipinski definition) is 0. The Balaban J connectivity index is 2.27. The van der Waals surface area contributed by atoms with Gasteiger partial charge in [0.25, 0.3) is 11.5 Å². The summed E-state index contributed by atoms with van der Waals surface area (Å²) in [6, 6.07) is 2.06. The minimum Gasteiger partial charge on any atom is -0.372 e. The van der Waals surface area contributed by atoms with Crippen molar-refractivity contribution in [3.05, 3.63) is 31.9 Å². The number of nitrogens with zero attached hydrogens (tertiary/aromatic N) is 4. The number of ether oxygens (including phenoxy) is 1. The van der Waals surface area contributed by atoms with Crippen LogP contribution in [0.5, 0.6) is 0 Å². The summed E-state index contributed by atoms with van der Waals surface area (Å²) in [6.07, 6.45) is 1.78. The Bertz CT molecular complexity index is 1010. The van der Waals surface area contributed by atoms with Crippen molar-refractivity contribution in [1.82, 2.24) is 9.47 Å². The number of morpholine rings is 1. The number of aromatic nitrogens is 1. The molecule has 30 heavy (non-hydrogen) atoms. The van der Waals surface area contributed by atoms with E-state index in [0.29, 0.717) is 46.5 Å². The summed E-state index contributed by atoms with van der Waals surface area (Å²) in [4.78, 5) is 30.0. The van der Waals surface area contributed by atoms with E-state index in [1.165, 1.54) is 11.8 Å². The third kappa shape index (κ3) is 3.92. The smallest absolute Gasteiger partial charge is 0.270 e. The zero-order chi connectivity index (χ0) is 22.2. The van der Waals surface area contributed by atoms with Gasteiger partial charge in [-0.2, -0.15) is 5.26 Å². The molecule has 3 rings (SSSR count). The van der Waals surface area contributed by atoms with Crippen molar-refractivity contribution in [3.63, 3.8) is 0 Å². The fourth-order valence-electron chi connectivity index (χ4n) is 4.03. The van der Waals surface area contributed by atoms with Crippen LogP contribution in [0.25, 0.3) is 6.08 Å². The molecule has 1 aromatic rings. The Kier molecular flexibility index (Phi) is 6.70. The molecule has 3 heterocycles. The van der Waals surface area contributed by atoms with Crippen LogP contribution in [0.2, 0.25) is 0 Å². The molecule has 1 aromatic heterocycles. The number of rotatable bonds is 4. The second-order valence-corrected chi connectivity index (χ2v) is 9.16. The molecule has 2 saturated heterocycles. The number of nitriles is 1. The van der Waals surface area contributed by atoms with Gasteiger partial charge in [0.15, 0.2) is 0 Å². The second kappa shape index (κ2) is 8.92. The highest BCUT2D eigenvalue weighted by Crippen LogP contribution is 2.36. The van der Waals surface area contributed by atoms with E-state index in [1.807, 2.05) is 27.7 Å². The molecule has 9 heteroatoms. The average Bonchev–Trinajstić information content (AvgIpc) is 2.95. The van der Waals surface area contributed by atoms with E-state index in [9.17, 15) is 14.9 Å². The molecule has 160 valence electrons. The Morgan fingerprint density at radius 3 is 2.37 bits per heavy atom. The molecule has 2 fully saturated rings. The van der Waals surface area contributed by atoms with Crippen LogP contribution in [0, 0.1) is 18.3 Å². The van der Waals surface area contributed by atoms with Crippen molar-refractivity contribution in [3.8, 4) is 6.07 Å². The van der Waals surface area contributed by atoms with Crippen molar-refractivity contribution in [1.29, 1.82) is 5.26 Å². The SMILES string of the molecule is CCN1C(=O)C(=Cc2c(C)c(C#N)c(=O)n(CC)c2N2CC(C)OC(C)C2)SC1=S. The van der Waals surface area contributed by atoms with E-state index >= 15 is 0 Å². The zero-order valence-corrected chi connectivity index (χ0v) is 19.5.